The molecule has 7 heteroatoms. The monoisotopic (exact) mass is 431 g/mol. The van der Waals surface area contributed by atoms with Gasteiger partial charge < -0.3 is 14.8 Å². The van der Waals surface area contributed by atoms with Crippen LogP contribution >= 0.6 is 0 Å². The van der Waals surface area contributed by atoms with Crippen molar-refractivity contribution in [2.45, 2.75) is 51.6 Å². The summed E-state index contributed by atoms with van der Waals surface area (Å²) in [5, 5.41) is 13.7. The van der Waals surface area contributed by atoms with E-state index in [2.05, 4.69) is 20.1 Å². The summed E-state index contributed by atoms with van der Waals surface area (Å²) in [7, 11) is 0. The van der Waals surface area contributed by atoms with Gasteiger partial charge in [0, 0.05) is 31.6 Å². The van der Waals surface area contributed by atoms with E-state index in [4.69, 9.17) is 0 Å². The largest absolute Gasteiger partial charge is 0.348 e. The van der Waals surface area contributed by atoms with Gasteiger partial charge in [0.15, 0.2) is 5.82 Å². The molecule has 1 aromatic heterocycles. The van der Waals surface area contributed by atoms with Gasteiger partial charge in [-0.1, -0.05) is 42.8 Å². The lowest BCUT2D eigenvalue weighted by Crippen LogP contribution is -2.45. The Morgan fingerprint density at radius 1 is 0.969 bits per heavy atom. The molecule has 166 valence electrons. The lowest BCUT2D eigenvalue weighted by Gasteiger charge is -2.32. The van der Waals surface area contributed by atoms with Gasteiger partial charge in [0.05, 0.1) is 12.5 Å². The third-order valence-electron chi connectivity index (χ3n) is 6.71. The molecule has 32 heavy (non-hydrogen) atoms. The minimum absolute atomic E-state index is 0.00192. The van der Waals surface area contributed by atoms with Crippen LogP contribution in [0.5, 0.6) is 0 Å². The Hall–Kier alpha value is -3.22. The predicted octanol–water partition coefficient (Wildman–Crippen LogP) is 3.33. The summed E-state index contributed by atoms with van der Waals surface area (Å²) in [6.07, 6.45) is 6.05. The highest BCUT2D eigenvalue weighted by molar-refractivity contribution is 6.07. The fourth-order valence-corrected chi connectivity index (χ4v) is 4.94. The van der Waals surface area contributed by atoms with Crippen LogP contribution in [-0.2, 0) is 24.3 Å². The van der Waals surface area contributed by atoms with Crippen molar-refractivity contribution in [1.82, 2.24) is 25.0 Å². The van der Waals surface area contributed by atoms with Gasteiger partial charge >= 0.3 is 0 Å². The number of nitrogens with one attached hydrogen (secondary N) is 1. The van der Waals surface area contributed by atoms with E-state index in [1.54, 1.807) is 0 Å². The molecule has 0 bridgehead atoms. The van der Waals surface area contributed by atoms with Crippen LogP contribution in [0.3, 0.4) is 0 Å². The number of carbonyl (C=O) groups excluding carboxylic acids is 2. The summed E-state index contributed by atoms with van der Waals surface area (Å²) in [6.45, 7) is 2.44. The van der Waals surface area contributed by atoms with Crippen molar-refractivity contribution < 1.29 is 9.59 Å². The van der Waals surface area contributed by atoms with Crippen LogP contribution in [0.25, 0.3) is 10.8 Å². The Kier molecular flexibility index (Phi) is 5.88. The highest BCUT2D eigenvalue weighted by Gasteiger charge is 2.29. The standard InChI is InChI=1S/C25H29N5O2/c31-24(26-16-23-28-27-22-13-2-1-5-15-30(22)23)19-10-7-14-29(17-19)25(32)21-12-6-9-18-8-3-4-11-20(18)21/h3-4,6,8-9,11-12,19H,1-2,5,7,10,13-17H2,(H,26,31)/t19-/m0/s1. The Morgan fingerprint density at radius 3 is 2.78 bits per heavy atom. The predicted molar refractivity (Wildman–Crippen MR) is 122 cm³/mol. The van der Waals surface area contributed by atoms with Gasteiger partial charge in [0.1, 0.15) is 5.82 Å². The number of hydrogen-bond acceptors (Lipinski definition) is 4. The molecular weight excluding hydrogens is 402 g/mol. The Labute approximate surface area is 187 Å². The summed E-state index contributed by atoms with van der Waals surface area (Å²) in [5.41, 5.74) is 0.704. The number of hydrogen-bond donors (Lipinski definition) is 1. The fourth-order valence-electron chi connectivity index (χ4n) is 4.94. The van der Waals surface area contributed by atoms with E-state index in [1.165, 1.54) is 6.42 Å². The van der Waals surface area contributed by atoms with E-state index in [0.717, 1.165) is 61.1 Å². The van der Waals surface area contributed by atoms with E-state index >= 15 is 0 Å². The molecule has 2 aromatic carbocycles. The molecule has 1 fully saturated rings. The number of likely N-dealkylation sites (tertiary alicyclic amines) is 1. The molecule has 0 spiro atoms. The summed E-state index contributed by atoms with van der Waals surface area (Å²) in [5.74, 6) is 1.65. The average molecular weight is 432 g/mol. The number of nitrogens with zero attached hydrogens (tertiary/aromatic N) is 4. The van der Waals surface area contributed by atoms with Crippen LogP contribution in [0.15, 0.2) is 42.5 Å². The molecule has 2 amide bonds. The van der Waals surface area contributed by atoms with Crippen molar-refractivity contribution in [2.24, 2.45) is 5.92 Å². The maximum atomic E-state index is 13.3. The van der Waals surface area contributed by atoms with Gasteiger partial charge in [-0.05, 0) is 42.5 Å². The maximum absolute atomic E-state index is 13.3. The van der Waals surface area contributed by atoms with Crippen LogP contribution in [-0.4, -0.2) is 44.6 Å². The van der Waals surface area contributed by atoms with Gasteiger partial charge in [-0.3, -0.25) is 9.59 Å². The highest BCUT2D eigenvalue weighted by atomic mass is 16.2. The minimum Gasteiger partial charge on any atom is -0.348 e. The molecule has 7 nitrogen and oxygen atoms in total. The van der Waals surface area contributed by atoms with E-state index < -0.39 is 0 Å². The van der Waals surface area contributed by atoms with Crippen molar-refractivity contribution in [1.29, 1.82) is 0 Å². The molecule has 5 rings (SSSR count). The van der Waals surface area contributed by atoms with Crippen LogP contribution in [0.1, 0.15) is 54.1 Å². The van der Waals surface area contributed by atoms with E-state index in [0.29, 0.717) is 25.2 Å². The first-order valence-corrected chi connectivity index (χ1v) is 11.7. The van der Waals surface area contributed by atoms with Gasteiger partial charge in [-0.2, -0.15) is 0 Å². The van der Waals surface area contributed by atoms with Crippen LogP contribution in [0.4, 0.5) is 0 Å². The Bertz CT molecular complexity index is 1130. The van der Waals surface area contributed by atoms with Crippen molar-refractivity contribution in [3.8, 4) is 0 Å². The second-order valence-electron chi connectivity index (χ2n) is 8.83. The van der Waals surface area contributed by atoms with Crippen LogP contribution in [0.2, 0.25) is 0 Å². The van der Waals surface area contributed by atoms with E-state index in [1.807, 2.05) is 47.4 Å². The van der Waals surface area contributed by atoms with Gasteiger partial charge in [0.25, 0.3) is 5.91 Å². The lowest BCUT2D eigenvalue weighted by atomic mass is 9.95. The van der Waals surface area contributed by atoms with Gasteiger partial charge in [-0.25, -0.2) is 0 Å². The van der Waals surface area contributed by atoms with Gasteiger partial charge in [-0.15, -0.1) is 10.2 Å². The number of aromatic nitrogens is 3. The Balaban J connectivity index is 1.24. The SMILES string of the molecule is O=C(NCc1nnc2n1CCCCC2)[C@H]1CCCN(C(=O)c2cccc3ccccc23)C1. The zero-order valence-electron chi connectivity index (χ0n) is 18.3. The minimum atomic E-state index is -0.200. The third kappa shape index (κ3) is 4.11. The molecule has 0 radical (unpaired) electrons. The molecule has 0 unspecified atom stereocenters. The quantitative estimate of drug-likeness (QED) is 0.687. The lowest BCUT2D eigenvalue weighted by molar-refractivity contribution is -0.126. The normalized spacial score (nSPS) is 18.8. The molecule has 3 aromatic rings. The first-order chi connectivity index (χ1) is 15.7. The first kappa shape index (κ1) is 20.7. The molecule has 0 saturated carbocycles. The maximum Gasteiger partial charge on any atom is 0.254 e. The number of aryl methyl sites for hydroxylation is 1. The molecule has 2 aliphatic rings. The number of carbonyl (C=O) groups is 2. The number of benzene rings is 2. The molecule has 2 aliphatic heterocycles. The first-order valence-electron chi connectivity index (χ1n) is 11.7. The number of piperidine rings is 1. The van der Waals surface area contributed by atoms with Crippen molar-refractivity contribution in [3.63, 3.8) is 0 Å². The zero-order valence-corrected chi connectivity index (χ0v) is 18.3. The molecular formula is C25H29N5O2. The summed E-state index contributed by atoms with van der Waals surface area (Å²) in [4.78, 5) is 28.1. The van der Waals surface area contributed by atoms with Gasteiger partial charge in [0.2, 0.25) is 5.91 Å². The van der Waals surface area contributed by atoms with Crippen molar-refractivity contribution >= 4 is 22.6 Å². The molecule has 1 N–H and O–H groups in total. The summed E-state index contributed by atoms with van der Waals surface area (Å²) in [6, 6.07) is 13.8. The molecule has 0 aliphatic carbocycles. The zero-order chi connectivity index (χ0) is 21.9. The van der Waals surface area contributed by atoms with E-state index in [9.17, 15) is 9.59 Å². The third-order valence-corrected chi connectivity index (χ3v) is 6.71. The smallest absolute Gasteiger partial charge is 0.254 e. The molecule has 1 atom stereocenters. The summed E-state index contributed by atoms with van der Waals surface area (Å²) < 4.78 is 2.16. The van der Waals surface area contributed by atoms with Crippen molar-refractivity contribution in [3.05, 3.63) is 59.7 Å². The average Bonchev–Trinajstić information content (AvgIpc) is 3.07. The second kappa shape index (κ2) is 9.10. The Morgan fingerprint density at radius 2 is 1.84 bits per heavy atom. The number of rotatable bonds is 4. The second-order valence-corrected chi connectivity index (χ2v) is 8.83. The number of amides is 2. The summed E-state index contributed by atoms with van der Waals surface area (Å²) >= 11 is 0. The van der Waals surface area contributed by atoms with Crippen LogP contribution in [0, 0.1) is 5.92 Å². The van der Waals surface area contributed by atoms with E-state index in [-0.39, 0.29) is 17.7 Å². The fraction of sp³-hybridized carbons (Fsp3) is 0.440. The topological polar surface area (TPSA) is 80.1 Å². The number of fused-ring (bicyclic) bond motifs is 2. The van der Waals surface area contributed by atoms with Crippen LogP contribution < -0.4 is 5.32 Å². The molecule has 3 heterocycles. The highest BCUT2D eigenvalue weighted by Crippen LogP contribution is 2.24. The molecule has 1 saturated heterocycles. The van der Waals surface area contributed by atoms with Crippen molar-refractivity contribution in [2.75, 3.05) is 13.1 Å².